The summed E-state index contributed by atoms with van der Waals surface area (Å²) < 4.78 is 44.9. The Kier molecular flexibility index (Phi) is 5.17. The van der Waals surface area contributed by atoms with E-state index in [0.717, 1.165) is 16.9 Å². The van der Waals surface area contributed by atoms with Crippen LogP contribution in [0, 0.1) is 0 Å². The first-order valence-electron chi connectivity index (χ1n) is 7.40. The van der Waals surface area contributed by atoms with Crippen LogP contribution in [0.15, 0.2) is 53.8 Å². The van der Waals surface area contributed by atoms with Crippen LogP contribution in [0.5, 0.6) is 5.75 Å². The second-order valence-electron chi connectivity index (χ2n) is 5.06. The molecule has 26 heavy (non-hydrogen) atoms. The topological polar surface area (TPSA) is 59.4 Å². The highest BCUT2D eigenvalue weighted by Crippen LogP contribution is 2.41. The number of hydrogen-bond donors (Lipinski definition) is 1. The molecule has 1 aromatic carbocycles. The minimum Gasteiger partial charge on any atom is -0.497 e. The summed E-state index contributed by atoms with van der Waals surface area (Å²) in [6, 6.07) is 11.9. The molecule has 0 bridgehead atoms. The molecule has 0 saturated carbocycles. The third kappa shape index (κ3) is 4.17. The molecule has 1 N–H and O–H groups in total. The minimum atomic E-state index is -4.58. The molecule has 0 amide bonds. The Morgan fingerprint density at radius 1 is 1.19 bits per heavy atom. The molecular formula is C17H13F3N4OS. The maximum atomic E-state index is 13.3. The predicted octanol–water partition coefficient (Wildman–Crippen LogP) is 4.68. The average molecular weight is 378 g/mol. The van der Waals surface area contributed by atoms with Gasteiger partial charge in [-0.3, -0.25) is 10.4 Å². The Labute approximate surface area is 151 Å². The van der Waals surface area contributed by atoms with Gasteiger partial charge in [0, 0.05) is 6.20 Å². The van der Waals surface area contributed by atoms with Crippen molar-refractivity contribution in [1.82, 2.24) is 9.97 Å². The fourth-order valence-electron chi connectivity index (χ4n) is 2.11. The zero-order valence-corrected chi connectivity index (χ0v) is 14.3. The molecule has 2 heterocycles. The van der Waals surface area contributed by atoms with Crippen LogP contribution >= 0.6 is 11.3 Å². The van der Waals surface area contributed by atoms with E-state index in [2.05, 4.69) is 20.5 Å². The fraction of sp³-hybridized carbons (Fsp3) is 0.118. The second-order valence-corrected chi connectivity index (χ2v) is 6.06. The van der Waals surface area contributed by atoms with Crippen LogP contribution in [-0.2, 0) is 6.18 Å². The fourth-order valence-corrected chi connectivity index (χ4v) is 3.03. The van der Waals surface area contributed by atoms with Gasteiger partial charge in [-0.25, -0.2) is 4.98 Å². The maximum absolute atomic E-state index is 13.3. The van der Waals surface area contributed by atoms with Crippen molar-refractivity contribution in [1.29, 1.82) is 0 Å². The average Bonchev–Trinajstić information content (AvgIpc) is 3.07. The van der Waals surface area contributed by atoms with Gasteiger partial charge in [0.2, 0.25) is 5.13 Å². The molecule has 2 aromatic heterocycles. The van der Waals surface area contributed by atoms with Gasteiger partial charge in [0.25, 0.3) is 0 Å². The molecule has 0 aliphatic rings. The van der Waals surface area contributed by atoms with Crippen molar-refractivity contribution in [3.8, 4) is 16.3 Å². The Balaban J connectivity index is 1.84. The molecule has 0 atom stereocenters. The van der Waals surface area contributed by atoms with Crippen LogP contribution in [0.2, 0.25) is 0 Å². The molecule has 0 fully saturated rings. The molecule has 3 rings (SSSR count). The number of hydrazone groups is 1. The minimum absolute atomic E-state index is 0.0251. The molecule has 3 aromatic rings. The Morgan fingerprint density at radius 2 is 2.04 bits per heavy atom. The van der Waals surface area contributed by atoms with Gasteiger partial charge in [-0.05, 0) is 29.8 Å². The quantitative estimate of drug-likeness (QED) is 0.517. The van der Waals surface area contributed by atoms with Gasteiger partial charge >= 0.3 is 6.18 Å². The first kappa shape index (κ1) is 17.9. The largest absolute Gasteiger partial charge is 0.497 e. The summed E-state index contributed by atoms with van der Waals surface area (Å²) in [5.41, 5.74) is 2.50. The van der Waals surface area contributed by atoms with Gasteiger partial charge < -0.3 is 4.74 Å². The van der Waals surface area contributed by atoms with Crippen molar-refractivity contribution >= 4 is 22.7 Å². The van der Waals surface area contributed by atoms with Gasteiger partial charge in [-0.15, -0.1) is 0 Å². The lowest BCUT2D eigenvalue weighted by molar-refractivity contribution is -0.140. The van der Waals surface area contributed by atoms with Crippen molar-refractivity contribution < 1.29 is 17.9 Å². The van der Waals surface area contributed by atoms with Crippen LogP contribution in [0.1, 0.15) is 11.3 Å². The number of halogens is 3. The number of pyridine rings is 1. The first-order chi connectivity index (χ1) is 12.5. The molecule has 0 radical (unpaired) electrons. The molecule has 0 aliphatic heterocycles. The number of aromatic nitrogens is 2. The van der Waals surface area contributed by atoms with Gasteiger partial charge in [0.15, 0.2) is 5.69 Å². The van der Waals surface area contributed by atoms with E-state index in [0.29, 0.717) is 5.75 Å². The van der Waals surface area contributed by atoms with Gasteiger partial charge in [0.05, 0.1) is 23.9 Å². The number of ether oxygens (including phenoxy) is 1. The first-order valence-corrected chi connectivity index (χ1v) is 8.21. The van der Waals surface area contributed by atoms with Gasteiger partial charge in [0.1, 0.15) is 5.75 Å². The summed E-state index contributed by atoms with van der Waals surface area (Å²) in [6.07, 6.45) is -1.68. The smallest absolute Gasteiger partial charge is 0.434 e. The highest BCUT2D eigenvalue weighted by Gasteiger charge is 2.38. The Morgan fingerprint density at radius 3 is 2.73 bits per heavy atom. The van der Waals surface area contributed by atoms with E-state index in [-0.39, 0.29) is 15.7 Å². The van der Waals surface area contributed by atoms with E-state index in [1.54, 1.807) is 43.5 Å². The number of methoxy groups -OCH3 is 1. The lowest BCUT2D eigenvalue weighted by Crippen LogP contribution is -2.07. The molecule has 5 nitrogen and oxygen atoms in total. The molecule has 134 valence electrons. The number of nitrogens with zero attached hydrogens (tertiary/aromatic N) is 3. The summed E-state index contributed by atoms with van der Waals surface area (Å²) in [5, 5.41) is 3.97. The number of hydrogen-bond acceptors (Lipinski definition) is 6. The Hall–Kier alpha value is -2.94. The molecular weight excluding hydrogens is 365 g/mol. The number of anilines is 1. The van der Waals surface area contributed by atoms with Crippen LogP contribution in [0.3, 0.4) is 0 Å². The number of alkyl halides is 3. The van der Waals surface area contributed by atoms with Crippen molar-refractivity contribution in [2.45, 2.75) is 6.18 Å². The van der Waals surface area contributed by atoms with E-state index in [9.17, 15) is 13.2 Å². The maximum Gasteiger partial charge on any atom is 0.434 e. The SMILES string of the molecule is COc1cccc(C=NNc2nc(C(F)(F)F)c(-c3ccccn3)s2)c1. The van der Waals surface area contributed by atoms with Crippen molar-refractivity contribution in [2.75, 3.05) is 12.5 Å². The highest BCUT2D eigenvalue weighted by molar-refractivity contribution is 7.19. The van der Waals surface area contributed by atoms with E-state index in [1.807, 2.05) is 0 Å². The van der Waals surface area contributed by atoms with Crippen molar-refractivity contribution in [3.05, 3.63) is 59.9 Å². The summed E-state index contributed by atoms with van der Waals surface area (Å²) in [7, 11) is 1.54. The number of thiazole rings is 1. The van der Waals surface area contributed by atoms with Crippen LogP contribution < -0.4 is 10.2 Å². The number of nitrogens with one attached hydrogen (secondary N) is 1. The zero-order valence-electron chi connectivity index (χ0n) is 13.5. The monoisotopic (exact) mass is 378 g/mol. The zero-order chi connectivity index (χ0) is 18.6. The molecule has 9 heteroatoms. The van der Waals surface area contributed by atoms with E-state index < -0.39 is 11.9 Å². The number of benzene rings is 1. The molecule has 0 unspecified atom stereocenters. The Bertz CT molecular complexity index is 910. The van der Waals surface area contributed by atoms with E-state index >= 15 is 0 Å². The van der Waals surface area contributed by atoms with Crippen LogP contribution in [0.4, 0.5) is 18.3 Å². The molecule has 0 spiro atoms. The van der Waals surface area contributed by atoms with Gasteiger partial charge in [-0.1, -0.05) is 29.5 Å². The van der Waals surface area contributed by atoms with E-state index in [1.165, 1.54) is 18.5 Å². The summed E-state index contributed by atoms with van der Waals surface area (Å²) >= 11 is 0.839. The predicted molar refractivity (Wildman–Crippen MR) is 94.6 cm³/mol. The molecule has 0 aliphatic carbocycles. The van der Waals surface area contributed by atoms with Crippen LogP contribution in [0.25, 0.3) is 10.6 Å². The third-order valence-electron chi connectivity index (χ3n) is 3.26. The van der Waals surface area contributed by atoms with Gasteiger partial charge in [-0.2, -0.15) is 18.3 Å². The lowest BCUT2D eigenvalue weighted by Gasteiger charge is -2.04. The standard InChI is InChI=1S/C17H13F3N4OS/c1-25-12-6-4-5-11(9-12)10-22-24-16-23-15(17(18,19)20)14(26-16)13-7-2-3-8-21-13/h2-10H,1H3,(H,23,24). The number of rotatable bonds is 5. The highest BCUT2D eigenvalue weighted by atomic mass is 32.1. The third-order valence-corrected chi connectivity index (χ3v) is 4.24. The lowest BCUT2D eigenvalue weighted by atomic mass is 10.2. The summed E-state index contributed by atoms with van der Waals surface area (Å²) in [5.74, 6) is 0.653. The summed E-state index contributed by atoms with van der Waals surface area (Å²) in [4.78, 5) is 7.54. The van der Waals surface area contributed by atoms with Crippen molar-refractivity contribution in [2.24, 2.45) is 5.10 Å². The van der Waals surface area contributed by atoms with E-state index in [4.69, 9.17) is 4.74 Å². The van der Waals surface area contributed by atoms with Crippen molar-refractivity contribution in [3.63, 3.8) is 0 Å². The summed E-state index contributed by atoms with van der Waals surface area (Å²) in [6.45, 7) is 0. The normalized spacial score (nSPS) is 11.7. The molecule has 0 saturated heterocycles. The van der Waals surface area contributed by atoms with Crippen LogP contribution in [-0.4, -0.2) is 23.3 Å². The second kappa shape index (κ2) is 7.52.